The van der Waals surface area contributed by atoms with E-state index in [1.54, 1.807) is 44.2 Å². The summed E-state index contributed by atoms with van der Waals surface area (Å²) >= 11 is 6.07. The van der Waals surface area contributed by atoms with Gasteiger partial charge in [0, 0.05) is 5.69 Å². The number of rotatable bonds is 3. The summed E-state index contributed by atoms with van der Waals surface area (Å²) in [5.41, 5.74) is 2.49. The summed E-state index contributed by atoms with van der Waals surface area (Å²) in [6.07, 6.45) is -1.10. The van der Waals surface area contributed by atoms with E-state index < -0.39 is 18.0 Å². The predicted molar refractivity (Wildman–Crippen MR) is 101 cm³/mol. The average Bonchev–Trinajstić information content (AvgIpc) is 2.59. The quantitative estimate of drug-likeness (QED) is 0.646. The van der Waals surface area contributed by atoms with Gasteiger partial charge in [-0.25, -0.2) is 9.78 Å². The second-order valence-electron chi connectivity index (χ2n) is 6.28. The summed E-state index contributed by atoms with van der Waals surface area (Å²) in [5.74, 6) is -1.55. The molecule has 0 fully saturated rings. The fraction of sp³-hybridized carbons (Fsp3) is 0.263. The van der Waals surface area contributed by atoms with E-state index in [0.29, 0.717) is 22.6 Å². The molecule has 8 heteroatoms. The molecule has 0 spiro atoms. The van der Waals surface area contributed by atoms with Crippen molar-refractivity contribution in [1.29, 1.82) is 0 Å². The molecule has 0 saturated carbocycles. The van der Waals surface area contributed by atoms with E-state index in [1.165, 1.54) is 11.8 Å². The molecule has 1 aromatic heterocycles. The lowest BCUT2D eigenvalue weighted by molar-refractivity contribution is -0.128. The number of pyridine rings is 1. The standard InChI is InChI=1S/C19H18ClN3O4/c1-10-8-11(2)21-17(20)16(10)19(26)27-12(3)18(25)23-9-15(24)22-13-6-4-5-7-14(13)23/h4-8,12H,9H2,1-3H3,(H,22,24)/t12-/m0/s1. The molecule has 0 aliphatic carbocycles. The van der Waals surface area contributed by atoms with E-state index in [2.05, 4.69) is 10.3 Å². The van der Waals surface area contributed by atoms with E-state index in [9.17, 15) is 14.4 Å². The Bertz CT molecular complexity index is 921. The summed E-state index contributed by atoms with van der Waals surface area (Å²) < 4.78 is 5.32. The van der Waals surface area contributed by atoms with Gasteiger partial charge in [0.1, 0.15) is 11.7 Å². The number of aryl methyl sites for hydroxylation is 2. The first-order valence-corrected chi connectivity index (χ1v) is 8.70. The van der Waals surface area contributed by atoms with Gasteiger partial charge in [-0.1, -0.05) is 23.7 Å². The van der Waals surface area contributed by atoms with Crippen LogP contribution in [0.4, 0.5) is 11.4 Å². The first kappa shape index (κ1) is 18.8. The van der Waals surface area contributed by atoms with E-state index in [-0.39, 0.29) is 23.2 Å². The number of ether oxygens (including phenoxy) is 1. The van der Waals surface area contributed by atoms with Gasteiger partial charge in [-0.3, -0.25) is 14.5 Å². The van der Waals surface area contributed by atoms with Crippen LogP contribution in [0.2, 0.25) is 5.15 Å². The van der Waals surface area contributed by atoms with Crippen LogP contribution in [-0.2, 0) is 14.3 Å². The Labute approximate surface area is 161 Å². The van der Waals surface area contributed by atoms with Crippen LogP contribution in [0.5, 0.6) is 0 Å². The number of amides is 2. The highest BCUT2D eigenvalue weighted by Crippen LogP contribution is 2.29. The van der Waals surface area contributed by atoms with Crippen molar-refractivity contribution in [3.63, 3.8) is 0 Å². The predicted octanol–water partition coefficient (Wildman–Crippen LogP) is 2.88. The van der Waals surface area contributed by atoms with E-state index in [1.807, 2.05) is 0 Å². The molecule has 2 aromatic rings. The highest BCUT2D eigenvalue weighted by molar-refractivity contribution is 6.32. The summed E-state index contributed by atoms with van der Waals surface area (Å²) in [7, 11) is 0. The number of esters is 1. The van der Waals surface area contributed by atoms with Crippen LogP contribution in [-0.4, -0.2) is 35.4 Å². The average molecular weight is 388 g/mol. The summed E-state index contributed by atoms with van der Waals surface area (Å²) in [6, 6.07) is 8.64. The molecule has 27 heavy (non-hydrogen) atoms. The van der Waals surface area contributed by atoms with Gasteiger partial charge in [0.15, 0.2) is 6.10 Å². The molecule has 3 rings (SSSR count). The van der Waals surface area contributed by atoms with Gasteiger partial charge in [-0.15, -0.1) is 0 Å². The van der Waals surface area contributed by atoms with Gasteiger partial charge >= 0.3 is 5.97 Å². The molecule has 7 nitrogen and oxygen atoms in total. The monoisotopic (exact) mass is 387 g/mol. The zero-order chi connectivity index (χ0) is 19.7. The number of nitrogens with one attached hydrogen (secondary N) is 1. The first-order valence-electron chi connectivity index (χ1n) is 8.33. The Morgan fingerprint density at radius 1 is 1.30 bits per heavy atom. The first-order chi connectivity index (χ1) is 12.8. The largest absolute Gasteiger partial charge is 0.449 e. The minimum atomic E-state index is -1.10. The van der Waals surface area contributed by atoms with Crippen molar-refractivity contribution in [2.45, 2.75) is 26.9 Å². The maximum Gasteiger partial charge on any atom is 0.342 e. The fourth-order valence-corrected chi connectivity index (χ4v) is 3.32. The summed E-state index contributed by atoms with van der Waals surface area (Å²) in [6.45, 7) is 4.79. The van der Waals surface area contributed by atoms with Gasteiger partial charge in [-0.05, 0) is 44.5 Å². The van der Waals surface area contributed by atoms with Crippen LogP contribution in [0.15, 0.2) is 30.3 Å². The third-order valence-corrected chi connectivity index (χ3v) is 4.45. The maximum absolute atomic E-state index is 12.8. The number of aromatic nitrogens is 1. The molecule has 0 unspecified atom stereocenters. The second-order valence-corrected chi connectivity index (χ2v) is 6.64. The number of carbonyl (C=O) groups is 3. The molecule has 2 amide bonds. The normalized spacial score (nSPS) is 14.2. The van der Waals surface area contributed by atoms with Crippen LogP contribution < -0.4 is 10.2 Å². The topological polar surface area (TPSA) is 88.6 Å². The zero-order valence-corrected chi connectivity index (χ0v) is 15.8. The van der Waals surface area contributed by atoms with E-state index >= 15 is 0 Å². The summed E-state index contributed by atoms with van der Waals surface area (Å²) in [4.78, 5) is 42.6. The van der Waals surface area contributed by atoms with Gasteiger partial charge in [-0.2, -0.15) is 0 Å². The Kier molecular flexibility index (Phi) is 5.14. The second kappa shape index (κ2) is 7.36. The minimum Gasteiger partial charge on any atom is -0.449 e. The number of benzene rings is 1. The fourth-order valence-electron chi connectivity index (χ4n) is 2.96. The summed E-state index contributed by atoms with van der Waals surface area (Å²) in [5, 5.41) is 2.73. The molecule has 1 aliphatic heterocycles. The van der Waals surface area contributed by atoms with Crippen LogP contribution in [0.1, 0.15) is 28.5 Å². The third kappa shape index (κ3) is 3.78. The van der Waals surface area contributed by atoms with E-state index in [4.69, 9.17) is 16.3 Å². The SMILES string of the molecule is Cc1cc(C)c(C(=O)O[C@@H](C)C(=O)N2CC(=O)Nc3ccccc32)c(Cl)n1. The number of para-hydroxylation sites is 2. The molecule has 1 aliphatic rings. The number of hydrogen-bond donors (Lipinski definition) is 1. The van der Waals surface area contributed by atoms with Crippen molar-refractivity contribution >= 4 is 40.8 Å². The van der Waals surface area contributed by atoms with Crippen LogP contribution in [0.25, 0.3) is 0 Å². The molecule has 1 atom stereocenters. The number of nitrogens with zero attached hydrogens (tertiary/aromatic N) is 2. The van der Waals surface area contributed by atoms with Crippen LogP contribution in [0.3, 0.4) is 0 Å². The Morgan fingerprint density at radius 3 is 2.70 bits per heavy atom. The molecule has 140 valence electrons. The van der Waals surface area contributed by atoms with Gasteiger partial charge in [0.05, 0.1) is 16.9 Å². The van der Waals surface area contributed by atoms with Gasteiger partial charge in [0.2, 0.25) is 5.91 Å². The minimum absolute atomic E-state index is 0.0276. The lowest BCUT2D eigenvalue weighted by Crippen LogP contribution is -2.47. The Balaban J connectivity index is 1.81. The molecule has 0 radical (unpaired) electrons. The zero-order valence-electron chi connectivity index (χ0n) is 15.1. The van der Waals surface area contributed by atoms with Crippen molar-refractivity contribution in [2.24, 2.45) is 0 Å². The Hall–Kier alpha value is -2.93. The number of halogens is 1. The number of anilines is 2. The highest BCUT2D eigenvalue weighted by atomic mass is 35.5. The molecular weight excluding hydrogens is 370 g/mol. The lowest BCUT2D eigenvalue weighted by atomic mass is 10.1. The maximum atomic E-state index is 12.8. The molecule has 1 N–H and O–H groups in total. The molecule has 0 saturated heterocycles. The van der Waals surface area contributed by atoms with Crippen molar-refractivity contribution in [1.82, 2.24) is 4.98 Å². The molecular formula is C19H18ClN3O4. The smallest absolute Gasteiger partial charge is 0.342 e. The third-order valence-electron chi connectivity index (χ3n) is 4.17. The van der Waals surface area contributed by atoms with Gasteiger partial charge in [0.25, 0.3) is 5.91 Å². The van der Waals surface area contributed by atoms with E-state index in [0.717, 1.165) is 0 Å². The highest BCUT2D eigenvalue weighted by Gasteiger charge is 2.32. The Morgan fingerprint density at radius 2 is 2.00 bits per heavy atom. The number of hydrogen-bond acceptors (Lipinski definition) is 5. The van der Waals surface area contributed by atoms with Crippen molar-refractivity contribution in [3.05, 3.63) is 52.3 Å². The van der Waals surface area contributed by atoms with Gasteiger partial charge < -0.3 is 10.1 Å². The van der Waals surface area contributed by atoms with Crippen molar-refractivity contribution in [2.75, 3.05) is 16.8 Å². The van der Waals surface area contributed by atoms with Crippen molar-refractivity contribution < 1.29 is 19.1 Å². The number of fused-ring (bicyclic) bond motifs is 1. The number of carbonyl (C=O) groups excluding carboxylic acids is 3. The van der Waals surface area contributed by atoms with Crippen LogP contribution >= 0.6 is 11.6 Å². The van der Waals surface area contributed by atoms with Crippen LogP contribution in [0, 0.1) is 13.8 Å². The molecule has 1 aromatic carbocycles. The molecule has 0 bridgehead atoms. The lowest BCUT2D eigenvalue weighted by Gasteiger charge is -2.30. The molecule has 2 heterocycles. The van der Waals surface area contributed by atoms with Crippen molar-refractivity contribution in [3.8, 4) is 0 Å².